The normalized spacial score (nSPS) is 17.2. The van der Waals surface area contributed by atoms with Gasteiger partial charge < -0.3 is 5.32 Å². The van der Waals surface area contributed by atoms with Crippen molar-refractivity contribution < 1.29 is 9.59 Å². The van der Waals surface area contributed by atoms with Crippen LogP contribution in [0.5, 0.6) is 0 Å². The monoisotopic (exact) mass is 272 g/mol. The summed E-state index contributed by atoms with van der Waals surface area (Å²) in [7, 11) is 0. The van der Waals surface area contributed by atoms with Gasteiger partial charge in [-0.25, -0.2) is 0 Å². The maximum atomic E-state index is 11.8. The molecule has 106 valence electrons. The summed E-state index contributed by atoms with van der Waals surface area (Å²) in [5, 5.41) is 2.88. The van der Waals surface area contributed by atoms with Crippen LogP contribution in [0, 0.1) is 12.8 Å². The summed E-state index contributed by atoms with van der Waals surface area (Å²) in [6.45, 7) is 3.75. The standard InChI is InChI=1S/C16H20N2O2/c1-11-15(12(2)19)8-7-14(18-11)10-17-16(20)9-13-5-3-4-6-13/h3,5,7-8,13H,4,6,9-10H2,1-2H3,(H,17,20)/t13-/m0/s1. The van der Waals surface area contributed by atoms with E-state index in [1.54, 1.807) is 12.1 Å². The second-order valence-electron chi connectivity index (χ2n) is 5.24. The molecular formula is C16H20N2O2. The van der Waals surface area contributed by atoms with Crippen LogP contribution in [0.25, 0.3) is 0 Å². The van der Waals surface area contributed by atoms with E-state index in [0.717, 1.165) is 18.5 Å². The van der Waals surface area contributed by atoms with Crippen LogP contribution in [0.15, 0.2) is 24.3 Å². The molecule has 1 heterocycles. The molecule has 1 N–H and O–H groups in total. The zero-order valence-electron chi connectivity index (χ0n) is 12.0. The van der Waals surface area contributed by atoms with E-state index in [0.29, 0.717) is 30.1 Å². The molecule has 4 heteroatoms. The van der Waals surface area contributed by atoms with Crippen molar-refractivity contribution in [2.75, 3.05) is 0 Å². The summed E-state index contributed by atoms with van der Waals surface area (Å²) in [5.41, 5.74) is 2.13. The van der Waals surface area contributed by atoms with Gasteiger partial charge in [0.2, 0.25) is 5.91 Å². The minimum Gasteiger partial charge on any atom is -0.350 e. The van der Waals surface area contributed by atoms with Crippen molar-refractivity contribution in [2.24, 2.45) is 5.92 Å². The maximum absolute atomic E-state index is 11.8. The van der Waals surface area contributed by atoms with E-state index in [1.807, 2.05) is 6.92 Å². The smallest absolute Gasteiger partial charge is 0.220 e. The highest BCUT2D eigenvalue weighted by Gasteiger charge is 2.14. The summed E-state index contributed by atoms with van der Waals surface area (Å²) >= 11 is 0. The Morgan fingerprint density at radius 1 is 1.40 bits per heavy atom. The second kappa shape index (κ2) is 6.46. The number of carbonyl (C=O) groups is 2. The van der Waals surface area contributed by atoms with E-state index >= 15 is 0 Å². The fraction of sp³-hybridized carbons (Fsp3) is 0.438. The van der Waals surface area contributed by atoms with Crippen molar-refractivity contribution in [3.63, 3.8) is 0 Å². The summed E-state index contributed by atoms with van der Waals surface area (Å²) in [5.74, 6) is 0.444. The first kappa shape index (κ1) is 14.4. The number of amides is 1. The Hall–Kier alpha value is -1.97. The highest BCUT2D eigenvalue weighted by Crippen LogP contribution is 2.20. The Morgan fingerprint density at radius 3 is 2.80 bits per heavy atom. The van der Waals surface area contributed by atoms with E-state index in [4.69, 9.17) is 0 Å². The number of rotatable bonds is 5. The molecule has 1 atom stereocenters. The number of carbonyl (C=O) groups excluding carboxylic acids is 2. The number of Topliss-reactive ketones (excluding diaryl/α,β-unsaturated/α-hetero) is 1. The lowest BCUT2D eigenvalue weighted by atomic mass is 10.1. The van der Waals surface area contributed by atoms with Gasteiger partial charge in [-0.3, -0.25) is 14.6 Å². The molecule has 0 unspecified atom stereocenters. The van der Waals surface area contributed by atoms with Crippen LogP contribution in [0.1, 0.15) is 47.9 Å². The minimum atomic E-state index is 0.0126. The lowest BCUT2D eigenvalue weighted by Gasteiger charge is -2.09. The van der Waals surface area contributed by atoms with Crippen LogP contribution in [0.3, 0.4) is 0 Å². The van der Waals surface area contributed by atoms with E-state index in [-0.39, 0.29) is 11.7 Å². The molecule has 1 aliphatic carbocycles. The predicted molar refractivity (Wildman–Crippen MR) is 77.3 cm³/mol. The van der Waals surface area contributed by atoms with Crippen LogP contribution in [0.2, 0.25) is 0 Å². The first-order valence-electron chi connectivity index (χ1n) is 6.97. The van der Waals surface area contributed by atoms with Gasteiger partial charge in [0.25, 0.3) is 0 Å². The van der Waals surface area contributed by atoms with Crippen molar-refractivity contribution in [1.82, 2.24) is 10.3 Å². The van der Waals surface area contributed by atoms with Crippen LogP contribution >= 0.6 is 0 Å². The fourth-order valence-corrected chi connectivity index (χ4v) is 2.45. The van der Waals surface area contributed by atoms with Gasteiger partial charge >= 0.3 is 0 Å². The third-order valence-corrected chi connectivity index (χ3v) is 3.55. The molecule has 0 saturated carbocycles. The Labute approximate surface area is 119 Å². The zero-order valence-corrected chi connectivity index (χ0v) is 12.0. The summed E-state index contributed by atoms with van der Waals surface area (Å²) in [6.07, 6.45) is 6.93. The lowest BCUT2D eigenvalue weighted by Crippen LogP contribution is -2.25. The van der Waals surface area contributed by atoms with Gasteiger partial charge in [0.05, 0.1) is 12.2 Å². The molecular weight excluding hydrogens is 252 g/mol. The zero-order chi connectivity index (χ0) is 14.5. The Bertz CT molecular complexity index is 549. The molecule has 0 fully saturated rings. The van der Waals surface area contributed by atoms with Crippen molar-refractivity contribution in [3.8, 4) is 0 Å². The maximum Gasteiger partial charge on any atom is 0.220 e. The van der Waals surface area contributed by atoms with Crippen molar-refractivity contribution in [2.45, 2.75) is 39.7 Å². The van der Waals surface area contributed by atoms with E-state index in [2.05, 4.69) is 22.5 Å². The molecule has 0 radical (unpaired) electrons. The molecule has 0 saturated heterocycles. The molecule has 1 amide bonds. The quantitative estimate of drug-likeness (QED) is 0.662. The molecule has 2 rings (SSSR count). The largest absolute Gasteiger partial charge is 0.350 e. The predicted octanol–water partition coefficient (Wildman–Crippen LogP) is 2.57. The van der Waals surface area contributed by atoms with E-state index in [9.17, 15) is 9.59 Å². The summed E-state index contributed by atoms with van der Waals surface area (Å²) in [6, 6.07) is 3.56. The molecule has 1 aromatic heterocycles. The number of ketones is 1. The van der Waals surface area contributed by atoms with Gasteiger partial charge in [0, 0.05) is 17.7 Å². The van der Waals surface area contributed by atoms with Gasteiger partial charge in [-0.15, -0.1) is 0 Å². The van der Waals surface area contributed by atoms with Crippen molar-refractivity contribution >= 4 is 11.7 Å². The van der Waals surface area contributed by atoms with E-state index in [1.165, 1.54) is 6.92 Å². The fourth-order valence-electron chi connectivity index (χ4n) is 2.45. The van der Waals surface area contributed by atoms with Gasteiger partial charge in [0.1, 0.15) is 0 Å². The number of nitrogens with one attached hydrogen (secondary N) is 1. The number of hydrogen-bond donors (Lipinski definition) is 1. The topological polar surface area (TPSA) is 59.1 Å². The Morgan fingerprint density at radius 2 is 2.20 bits per heavy atom. The number of nitrogens with zero attached hydrogens (tertiary/aromatic N) is 1. The van der Waals surface area contributed by atoms with Gasteiger partial charge in [-0.05, 0) is 44.7 Å². The lowest BCUT2D eigenvalue weighted by molar-refractivity contribution is -0.121. The van der Waals surface area contributed by atoms with Crippen molar-refractivity contribution in [1.29, 1.82) is 0 Å². The molecule has 0 aromatic carbocycles. The number of aromatic nitrogens is 1. The second-order valence-corrected chi connectivity index (χ2v) is 5.24. The van der Waals surface area contributed by atoms with Crippen LogP contribution in [-0.4, -0.2) is 16.7 Å². The van der Waals surface area contributed by atoms with Crippen LogP contribution in [0.4, 0.5) is 0 Å². The van der Waals surface area contributed by atoms with Gasteiger partial charge in [0.15, 0.2) is 5.78 Å². The molecule has 4 nitrogen and oxygen atoms in total. The minimum absolute atomic E-state index is 0.0126. The molecule has 1 aliphatic rings. The van der Waals surface area contributed by atoms with Crippen LogP contribution < -0.4 is 5.32 Å². The average molecular weight is 272 g/mol. The SMILES string of the molecule is CC(=O)c1ccc(CNC(=O)C[C@H]2C=CCC2)nc1C. The summed E-state index contributed by atoms with van der Waals surface area (Å²) in [4.78, 5) is 27.5. The Balaban J connectivity index is 1.87. The van der Waals surface area contributed by atoms with Gasteiger partial charge in [-0.1, -0.05) is 12.2 Å². The highest BCUT2D eigenvalue weighted by molar-refractivity contribution is 5.95. The highest BCUT2D eigenvalue weighted by atomic mass is 16.1. The number of hydrogen-bond acceptors (Lipinski definition) is 3. The average Bonchev–Trinajstić information content (AvgIpc) is 2.89. The number of pyridine rings is 1. The van der Waals surface area contributed by atoms with E-state index < -0.39 is 0 Å². The third-order valence-electron chi connectivity index (χ3n) is 3.55. The van der Waals surface area contributed by atoms with Crippen molar-refractivity contribution in [3.05, 3.63) is 41.2 Å². The Kier molecular flexibility index (Phi) is 4.66. The third kappa shape index (κ3) is 3.76. The number of allylic oxidation sites excluding steroid dienone is 2. The molecule has 0 spiro atoms. The summed E-state index contributed by atoms with van der Waals surface area (Å²) < 4.78 is 0. The van der Waals surface area contributed by atoms with Gasteiger partial charge in [-0.2, -0.15) is 0 Å². The first-order chi connectivity index (χ1) is 9.56. The van der Waals surface area contributed by atoms with Crippen LogP contribution in [-0.2, 0) is 11.3 Å². The molecule has 0 bridgehead atoms. The molecule has 0 aliphatic heterocycles. The first-order valence-corrected chi connectivity index (χ1v) is 6.97. The molecule has 20 heavy (non-hydrogen) atoms. The molecule has 1 aromatic rings. The number of aryl methyl sites for hydroxylation is 1.